The molecule has 1 aromatic heterocycles. The van der Waals surface area contributed by atoms with Crippen molar-refractivity contribution in [2.75, 3.05) is 19.5 Å². The average Bonchev–Trinajstić information content (AvgIpc) is 2.82. The highest BCUT2D eigenvalue weighted by atomic mass is 19.4. The first-order chi connectivity index (χ1) is 16.6. The molecule has 35 heavy (non-hydrogen) atoms. The summed E-state index contributed by atoms with van der Waals surface area (Å²) >= 11 is 0. The minimum absolute atomic E-state index is 0.129. The van der Waals surface area contributed by atoms with Crippen LogP contribution in [0.15, 0.2) is 65.9 Å². The number of nitrogens with zero attached hydrogens (tertiary/aromatic N) is 2. The van der Waals surface area contributed by atoms with Gasteiger partial charge in [-0.3, -0.25) is 9.59 Å². The number of ether oxygens (including phenoxy) is 2. The monoisotopic (exact) mass is 487 g/mol. The first-order valence-electron chi connectivity index (χ1n) is 10.1. The van der Waals surface area contributed by atoms with Crippen molar-refractivity contribution in [3.05, 3.63) is 83.2 Å². The Balaban J connectivity index is 1.87. The van der Waals surface area contributed by atoms with Crippen LogP contribution in [0, 0.1) is 0 Å². The topological polar surface area (TPSA) is 99.1 Å². The van der Waals surface area contributed by atoms with Crippen molar-refractivity contribution in [1.82, 2.24) is 4.98 Å². The molecule has 0 fully saturated rings. The van der Waals surface area contributed by atoms with Crippen LogP contribution in [0.3, 0.4) is 0 Å². The van der Waals surface area contributed by atoms with Gasteiger partial charge in [-0.05, 0) is 24.3 Å². The van der Waals surface area contributed by atoms with Crippen molar-refractivity contribution in [3.8, 4) is 11.5 Å². The number of halogens is 3. The van der Waals surface area contributed by atoms with Gasteiger partial charge in [0, 0.05) is 36.0 Å². The van der Waals surface area contributed by atoms with Crippen molar-refractivity contribution in [3.63, 3.8) is 0 Å². The predicted molar refractivity (Wildman–Crippen MR) is 121 cm³/mol. The number of carbonyl (C=O) groups excluding carboxylic acids is 2. The number of esters is 1. The molecule has 182 valence electrons. The van der Waals surface area contributed by atoms with Crippen molar-refractivity contribution in [1.29, 1.82) is 0 Å². The smallest absolute Gasteiger partial charge is 0.416 e. The Hall–Kier alpha value is -4.41. The van der Waals surface area contributed by atoms with E-state index in [2.05, 4.69) is 15.5 Å². The van der Waals surface area contributed by atoms with Gasteiger partial charge in [0.1, 0.15) is 12.8 Å². The van der Waals surface area contributed by atoms with E-state index in [0.29, 0.717) is 11.3 Å². The third kappa shape index (κ3) is 6.14. The van der Waals surface area contributed by atoms with Gasteiger partial charge in [0.2, 0.25) is 5.75 Å². The van der Waals surface area contributed by atoms with E-state index in [1.165, 1.54) is 57.7 Å². The summed E-state index contributed by atoms with van der Waals surface area (Å²) in [5, 5.41) is 6.50. The molecule has 0 bridgehead atoms. The molecule has 0 aliphatic rings. The minimum atomic E-state index is -4.51. The summed E-state index contributed by atoms with van der Waals surface area (Å²) in [5.41, 5.74) is 0.168. The summed E-state index contributed by atoms with van der Waals surface area (Å²) in [7, 11) is 2.64. The highest BCUT2D eigenvalue weighted by Crippen LogP contribution is 2.31. The van der Waals surface area contributed by atoms with Crippen LogP contribution >= 0.6 is 0 Å². The summed E-state index contributed by atoms with van der Waals surface area (Å²) in [4.78, 5) is 33.0. The summed E-state index contributed by atoms with van der Waals surface area (Å²) in [6.45, 7) is 1.18. The third-order valence-electron chi connectivity index (χ3n) is 4.61. The first kappa shape index (κ1) is 25.2. The van der Waals surface area contributed by atoms with Crippen molar-refractivity contribution < 1.29 is 37.1 Å². The average molecular weight is 487 g/mol. The first-order valence-corrected chi connectivity index (χ1v) is 10.1. The Morgan fingerprint density at radius 1 is 1.00 bits per heavy atom. The number of aromatic nitrogens is 1. The number of benzene rings is 2. The molecule has 0 aliphatic heterocycles. The Morgan fingerprint density at radius 2 is 1.71 bits per heavy atom. The molecule has 0 unspecified atom stereocenters. The lowest BCUT2D eigenvalue weighted by atomic mass is 10.00. The van der Waals surface area contributed by atoms with Crippen molar-refractivity contribution in [2.45, 2.75) is 13.1 Å². The normalized spacial score (nSPS) is 11.5. The zero-order valence-corrected chi connectivity index (χ0v) is 18.8. The fraction of sp³-hybridized carbons (Fsp3) is 0.167. The number of hydrogen-bond acceptors (Lipinski definition) is 7. The van der Waals surface area contributed by atoms with Gasteiger partial charge in [-0.2, -0.15) is 13.2 Å². The molecule has 2 aromatic carbocycles. The van der Waals surface area contributed by atoms with Crippen molar-refractivity contribution in [2.24, 2.45) is 5.16 Å². The molecule has 1 N–H and O–H groups in total. The third-order valence-corrected chi connectivity index (χ3v) is 4.61. The standard InChI is InChI=1S/C24H20F3N3O5/c1-14(31)35-22-19(33-2)11-12-28-21(22)23(32)29-18-9-7-15(8-10-18)20(30-34-3)16-5-4-6-17(13-16)24(25,26)27/h4-13H,1-3H3,(H,29,32). The van der Waals surface area contributed by atoms with Gasteiger partial charge >= 0.3 is 12.1 Å². The van der Waals surface area contributed by atoms with Gasteiger partial charge in [-0.25, -0.2) is 4.98 Å². The van der Waals surface area contributed by atoms with Gasteiger partial charge in [-0.1, -0.05) is 29.4 Å². The summed E-state index contributed by atoms with van der Waals surface area (Å²) < 4.78 is 49.6. The number of methoxy groups -OCH3 is 1. The molecule has 1 amide bonds. The molecule has 0 atom stereocenters. The number of alkyl halides is 3. The SMILES string of the molecule is CON=C(c1ccc(NC(=O)c2nccc(OC)c2OC(C)=O)cc1)c1cccc(C(F)(F)F)c1. The highest BCUT2D eigenvalue weighted by molar-refractivity contribution is 6.13. The number of anilines is 1. The van der Waals surface area contributed by atoms with E-state index in [1.807, 2.05) is 0 Å². The van der Waals surface area contributed by atoms with Crippen LogP contribution in [-0.4, -0.2) is 36.8 Å². The second kappa shape index (κ2) is 10.7. The van der Waals surface area contributed by atoms with E-state index in [4.69, 9.17) is 14.3 Å². The van der Waals surface area contributed by atoms with E-state index in [-0.39, 0.29) is 28.5 Å². The molecule has 3 aromatic rings. The Kier molecular flexibility index (Phi) is 7.69. The predicted octanol–water partition coefficient (Wildman–Crippen LogP) is 4.69. The molecule has 3 rings (SSSR count). The van der Waals surface area contributed by atoms with E-state index in [1.54, 1.807) is 12.1 Å². The van der Waals surface area contributed by atoms with Crippen LogP contribution in [0.1, 0.15) is 34.1 Å². The molecule has 0 spiro atoms. The molecular formula is C24H20F3N3O5. The van der Waals surface area contributed by atoms with Gasteiger partial charge in [0.15, 0.2) is 11.4 Å². The summed E-state index contributed by atoms with van der Waals surface area (Å²) in [6.07, 6.45) is -3.19. The van der Waals surface area contributed by atoms with Gasteiger partial charge in [-0.15, -0.1) is 0 Å². The molecule has 11 heteroatoms. The van der Waals surface area contributed by atoms with E-state index >= 15 is 0 Å². The summed E-state index contributed by atoms with van der Waals surface area (Å²) in [5.74, 6) is -1.31. The van der Waals surface area contributed by atoms with E-state index in [9.17, 15) is 22.8 Å². The van der Waals surface area contributed by atoms with E-state index < -0.39 is 23.6 Å². The number of nitrogens with one attached hydrogen (secondary N) is 1. The Morgan fingerprint density at radius 3 is 2.31 bits per heavy atom. The van der Waals surface area contributed by atoms with Crippen LogP contribution in [0.5, 0.6) is 11.5 Å². The van der Waals surface area contributed by atoms with Crippen LogP contribution in [0.2, 0.25) is 0 Å². The van der Waals surface area contributed by atoms with E-state index in [0.717, 1.165) is 12.1 Å². The lowest BCUT2D eigenvalue weighted by molar-refractivity contribution is -0.137. The van der Waals surface area contributed by atoms with Crippen LogP contribution < -0.4 is 14.8 Å². The lowest BCUT2D eigenvalue weighted by Gasteiger charge is -2.13. The molecule has 0 saturated heterocycles. The van der Waals surface area contributed by atoms with Gasteiger partial charge < -0.3 is 19.6 Å². The number of oxime groups is 1. The number of hydrogen-bond donors (Lipinski definition) is 1. The molecule has 0 aliphatic carbocycles. The Bertz CT molecular complexity index is 1260. The number of amides is 1. The fourth-order valence-corrected chi connectivity index (χ4v) is 3.10. The van der Waals surface area contributed by atoms with Crippen molar-refractivity contribution >= 4 is 23.3 Å². The maximum Gasteiger partial charge on any atom is 0.416 e. The Labute approximate surface area is 198 Å². The van der Waals surface area contributed by atoms with Crippen LogP contribution in [0.25, 0.3) is 0 Å². The number of pyridine rings is 1. The van der Waals surface area contributed by atoms with Crippen LogP contribution in [-0.2, 0) is 15.8 Å². The molecule has 0 saturated carbocycles. The maximum absolute atomic E-state index is 13.1. The van der Waals surface area contributed by atoms with Gasteiger partial charge in [0.25, 0.3) is 5.91 Å². The van der Waals surface area contributed by atoms with Crippen LogP contribution in [0.4, 0.5) is 18.9 Å². The second-order valence-electron chi connectivity index (χ2n) is 7.02. The largest absolute Gasteiger partial charge is 0.493 e. The fourth-order valence-electron chi connectivity index (χ4n) is 3.10. The highest BCUT2D eigenvalue weighted by Gasteiger charge is 2.31. The van der Waals surface area contributed by atoms with Gasteiger partial charge in [0.05, 0.1) is 12.7 Å². The lowest BCUT2D eigenvalue weighted by Crippen LogP contribution is -2.17. The molecule has 8 nitrogen and oxygen atoms in total. The minimum Gasteiger partial charge on any atom is -0.493 e. The second-order valence-corrected chi connectivity index (χ2v) is 7.02. The number of carbonyl (C=O) groups is 2. The quantitative estimate of drug-likeness (QED) is 0.295. The molecular weight excluding hydrogens is 467 g/mol. The maximum atomic E-state index is 13.1. The summed E-state index contributed by atoms with van der Waals surface area (Å²) in [6, 6.07) is 12.3. The zero-order valence-electron chi connectivity index (χ0n) is 18.8. The molecule has 0 radical (unpaired) electrons. The molecule has 1 heterocycles. The number of rotatable bonds is 7. The zero-order chi connectivity index (χ0) is 25.6.